The van der Waals surface area contributed by atoms with Crippen LogP contribution in [-0.4, -0.2) is 23.0 Å². The average Bonchev–Trinajstić information content (AvgIpc) is 2.62. The molecule has 1 unspecified atom stereocenters. The molecule has 0 bridgehead atoms. The minimum Gasteiger partial charge on any atom is -0.370 e. The summed E-state index contributed by atoms with van der Waals surface area (Å²) in [5, 5.41) is 5.94. The Bertz CT molecular complexity index is 434. The zero-order valence-corrected chi connectivity index (χ0v) is 10.5. The van der Waals surface area contributed by atoms with Crippen molar-refractivity contribution in [1.82, 2.24) is 5.32 Å². The maximum Gasteiger partial charge on any atom is 0.233 e. The van der Waals surface area contributed by atoms with E-state index in [0.29, 0.717) is 6.54 Å². The Balaban J connectivity index is 2.10. The van der Waals surface area contributed by atoms with Gasteiger partial charge in [-0.1, -0.05) is 30.4 Å². The number of anilines is 1. The lowest BCUT2D eigenvalue weighted by atomic mass is 10.0. The van der Waals surface area contributed by atoms with Gasteiger partial charge in [0, 0.05) is 12.2 Å². The Hall–Kier alpha value is -1.07. The summed E-state index contributed by atoms with van der Waals surface area (Å²) in [6.07, 6.45) is 1.91. The summed E-state index contributed by atoms with van der Waals surface area (Å²) in [7, 11) is 0. The zero-order valence-electron chi connectivity index (χ0n) is 8.82. The third-order valence-corrected chi connectivity index (χ3v) is 3.71. The summed E-state index contributed by atoms with van der Waals surface area (Å²) in [6.45, 7) is 0.558. The lowest BCUT2D eigenvalue weighted by molar-refractivity contribution is -0.116. The van der Waals surface area contributed by atoms with Crippen LogP contribution in [0.5, 0.6) is 0 Å². The van der Waals surface area contributed by atoms with Gasteiger partial charge in [0.1, 0.15) is 4.32 Å². The second kappa shape index (κ2) is 4.84. The van der Waals surface area contributed by atoms with Gasteiger partial charge in [-0.25, -0.2) is 0 Å². The highest BCUT2D eigenvalue weighted by Gasteiger charge is 2.29. The van der Waals surface area contributed by atoms with Gasteiger partial charge in [-0.15, -0.1) is 11.8 Å². The molecule has 2 N–H and O–H groups in total. The smallest absolute Gasteiger partial charge is 0.233 e. The van der Waals surface area contributed by atoms with Crippen LogP contribution in [-0.2, 0) is 4.79 Å². The molecule has 84 valence electrons. The van der Waals surface area contributed by atoms with Gasteiger partial charge in [-0.3, -0.25) is 4.79 Å². The SMILES string of the molecule is CSC(=S)NCC1C(=O)Nc2ccccc21. The van der Waals surface area contributed by atoms with E-state index in [1.165, 1.54) is 11.8 Å². The van der Waals surface area contributed by atoms with Crippen molar-refractivity contribution in [1.29, 1.82) is 0 Å². The largest absolute Gasteiger partial charge is 0.370 e. The molecule has 3 nitrogen and oxygen atoms in total. The summed E-state index contributed by atoms with van der Waals surface area (Å²) >= 11 is 6.53. The van der Waals surface area contributed by atoms with Crippen LogP contribution < -0.4 is 10.6 Å². The molecule has 2 rings (SSSR count). The van der Waals surface area contributed by atoms with E-state index >= 15 is 0 Å². The molecule has 0 aliphatic carbocycles. The maximum absolute atomic E-state index is 11.7. The van der Waals surface area contributed by atoms with Crippen molar-refractivity contribution in [2.75, 3.05) is 18.1 Å². The summed E-state index contributed by atoms with van der Waals surface area (Å²) in [4.78, 5) is 11.7. The fourth-order valence-electron chi connectivity index (χ4n) is 1.74. The van der Waals surface area contributed by atoms with E-state index in [4.69, 9.17) is 12.2 Å². The first-order valence-corrected chi connectivity index (χ1v) is 6.57. The molecule has 1 amide bonds. The fourth-order valence-corrected chi connectivity index (χ4v) is 2.05. The van der Waals surface area contributed by atoms with Gasteiger partial charge in [0.25, 0.3) is 0 Å². The topological polar surface area (TPSA) is 41.1 Å². The minimum atomic E-state index is -0.138. The third kappa shape index (κ3) is 2.20. The van der Waals surface area contributed by atoms with Crippen molar-refractivity contribution in [3.8, 4) is 0 Å². The molecule has 0 aromatic heterocycles. The number of carbonyl (C=O) groups is 1. The molecular formula is C11H12N2OS2. The van der Waals surface area contributed by atoms with Crippen LogP contribution in [0.4, 0.5) is 5.69 Å². The number of hydrogen-bond donors (Lipinski definition) is 2. The number of rotatable bonds is 2. The molecule has 0 radical (unpaired) electrons. The Kier molecular flexibility index (Phi) is 3.46. The fraction of sp³-hybridized carbons (Fsp3) is 0.273. The quantitative estimate of drug-likeness (QED) is 0.790. The average molecular weight is 252 g/mol. The Morgan fingerprint density at radius 2 is 2.31 bits per heavy atom. The first-order valence-electron chi connectivity index (χ1n) is 4.94. The molecule has 1 aliphatic rings. The van der Waals surface area contributed by atoms with Gasteiger partial charge >= 0.3 is 0 Å². The molecule has 1 aromatic rings. The van der Waals surface area contributed by atoms with Crippen molar-refractivity contribution in [2.45, 2.75) is 5.92 Å². The summed E-state index contributed by atoms with van der Waals surface area (Å²) in [6, 6.07) is 7.75. The summed E-state index contributed by atoms with van der Waals surface area (Å²) in [5.41, 5.74) is 1.96. The lowest BCUT2D eigenvalue weighted by Crippen LogP contribution is -2.28. The molecule has 1 aliphatic heterocycles. The van der Waals surface area contributed by atoms with Crippen molar-refractivity contribution in [3.63, 3.8) is 0 Å². The number of hydrogen-bond acceptors (Lipinski definition) is 3. The summed E-state index contributed by atoms with van der Waals surface area (Å²) < 4.78 is 0.720. The minimum absolute atomic E-state index is 0.0394. The van der Waals surface area contributed by atoms with Crippen LogP contribution in [0, 0.1) is 0 Å². The van der Waals surface area contributed by atoms with Crippen LogP contribution in [0.2, 0.25) is 0 Å². The molecule has 16 heavy (non-hydrogen) atoms. The van der Waals surface area contributed by atoms with Crippen LogP contribution in [0.1, 0.15) is 11.5 Å². The van der Waals surface area contributed by atoms with E-state index in [-0.39, 0.29) is 11.8 Å². The van der Waals surface area contributed by atoms with E-state index in [1.54, 1.807) is 0 Å². The van der Waals surface area contributed by atoms with Crippen molar-refractivity contribution in [3.05, 3.63) is 29.8 Å². The number of benzene rings is 1. The first-order chi connectivity index (χ1) is 7.72. The standard InChI is InChI=1S/C11H12N2OS2/c1-16-11(15)12-6-8-7-4-2-3-5-9(7)13-10(8)14/h2-5,8H,6H2,1H3,(H,12,15)(H,13,14). The van der Waals surface area contributed by atoms with E-state index in [0.717, 1.165) is 15.6 Å². The van der Waals surface area contributed by atoms with E-state index in [2.05, 4.69) is 10.6 Å². The normalized spacial score (nSPS) is 17.8. The summed E-state index contributed by atoms with van der Waals surface area (Å²) in [5.74, 6) is -0.0982. The molecule has 0 saturated heterocycles. The van der Waals surface area contributed by atoms with Crippen LogP contribution in [0.25, 0.3) is 0 Å². The van der Waals surface area contributed by atoms with Gasteiger partial charge in [-0.2, -0.15) is 0 Å². The number of fused-ring (bicyclic) bond motifs is 1. The second-order valence-corrected chi connectivity index (χ2v) is 4.98. The van der Waals surface area contributed by atoms with E-state index in [1.807, 2.05) is 30.5 Å². The molecule has 0 saturated carbocycles. The predicted octanol–water partition coefficient (Wildman–Crippen LogP) is 1.96. The highest BCUT2D eigenvalue weighted by atomic mass is 32.2. The molecule has 1 heterocycles. The number of carbonyl (C=O) groups excluding carboxylic acids is 1. The van der Waals surface area contributed by atoms with Gasteiger partial charge in [0.15, 0.2) is 0 Å². The van der Waals surface area contributed by atoms with E-state index in [9.17, 15) is 4.79 Å². The van der Waals surface area contributed by atoms with Gasteiger partial charge in [0.2, 0.25) is 5.91 Å². The second-order valence-electron chi connectivity index (χ2n) is 3.50. The van der Waals surface area contributed by atoms with Crippen LogP contribution >= 0.6 is 24.0 Å². The molecule has 0 fully saturated rings. The predicted molar refractivity (Wildman–Crippen MR) is 71.9 cm³/mol. The van der Waals surface area contributed by atoms with Gasteiger partial charge in [-0.05, 0) is 17.9 Å². The number of thioether (sulfide) groups is 1. The molecule has 1 aromatic carbocycles. The maximum atomic E-state index is 11.7. The number of para-hydroxylation sites is 1. The van der Waals surface area contributed by atoms with Crippen molar-refractivity contribution in [2.24, 2.45) is 0 Å². The van der Waals surface area contributed by atoms with Gasteiger partial charge in [0.05, 0.1) is 5.92 Å². The Labute approximate surface area is 104 Å². The van der Waals surface area contributed by atoms with Crippen molar-refractivity contribution >= 4 is 39.9 Å². The lowest BCUT2D eigenvalue weighted by Gasteiger charge is -2.10. The number of nitrogens with one attached hydrogen (secondary N) is 2. The first kappa shape index (κ1) is 11.4. The van der Waals surface area contributed by atoms with Gasteiger partial charge < -0.3 is 10.6 Å². The van der Waals surface area contributed by atoms with Crippen molar-refractivity contribution < 1.29 is 4.79 Å². The molecule has 0 spiro atoms. The highest BCUT2D eigenvalue weighted by molar-refractivity contribution is 8.22. The number of thiocarbonyl (C=S) groups is 1. The Morgan fingerprint density at radius 1 is 1.56 bits per heavy atom. The molecule has 1 atom stereocenters. The molecular weight excluding hydrogens is 240 g/mol. The molecule has 5 heteroatoms. The zero-order chi connectivity index (χ0) is 11.5. The van der Waals surface area contributed by atoms with Crippen LogP contribution in [0.15, 0.2) is 24.3 Å². The Morgan fingerprint density at radius 3 is 3.06 bits per heavy atom. The monoisotopic (exact) mass is 252 g/mol. The third-order valence-electron chi connectivity index (χ3n) is 2.55. The van der Waals surface area contributed by atoms with E-state index < -0.39 is 0 Å². The highest BCUT2D eigenvalue weighted by Crippen LogP contribution is 2.31. The van der Waals surface area contributed by atoms with Crippen LogP contribution in [0.3, 0.4) is 0 Å². The number of amides is 1.